The van der Waals surface area contributed by atoms with Gasteiger partial charge in [0.15, 0.2) is 5.82 Å². The van der Waals surface area contributed by atoms with Gasteiger partial charge in [0.25, 0.3) is 5.91 Å². The van der Waals surface area contributed by atoms with Crippen LogP contribution in [0.3, 0.4) is 0 Å². The summed E-state index contributed by atoms with van der Waals surface area (Å²) in [4.78, 5) is 15.7. The molecule has 0 atom stereocenters. The number of anilines is 2. The normalized spacial score (nSPS) is 10.3. The van der Waals surface area contributed by atoms with E-state index < -0.39 is 17.5 Å². The molecule has 4 nitrogen and oxygen atoms in total. The summed E-state index contributed by atoms with van der Waals surface area (Å²) in [6.45, 7) is 0. The first kappa shape index (κ1) is 13.4. The van der Waals surface area contributed by atoms with E-state index in [0.717, 1.165) is 6.07 Å². The highest BCUT2D eigenvalue weighted by molar-refractivity contribution is 9.10. The average Bonchev–Trinajstić information content (AvgIpc) is 2.34. The quantitative estimate of drug-likeness (QED) is 0.891. The van der Waals surface area contributed by atoms with Crippen LogP contribution in [-0.4, -0.2) is 10.9 Å². The molecule has 0 bridgehead atoms. The largest absolute Gasteiger partial charge is 0.397 e. The molecule has 0 fully saturated rings. The number of pyridine rings is 1. The van der Waals surface area contributed by atoms with Crippen molar-refractivity contribution in [2.24, 2.45) is 0 Å². The SMILES string of the molecule is Nc1cnccc1C(=O)Nc1c(F)cc(F)cc1Br. The number of nitrogens with one attached hydrogen (secondary N) is 1. The molecule has 0 aliphatic heterocycles. The Labute approximate surface area is 115 Å². The minimum Gasteiger partial charge on any atom is -0.397 e. The van der Waals surface area contributed by atoms with Crippen molar-refractivity contribution in [1.29, 1.82) is 0 Å². The maximum atomic E-state index is 13.6. The van der Waals surface area contributed by atoms with Gasteiger partial charge in [-0.2, -0.15) is 0 Å². The lowest BCUT2D eigenvalue weighted by atomic mass is 10.2. The standard InChI is InChI=1S/C12H8BrF2N3O/c13-8-3-6(14)4-9(15)11(8)18-12(19)7-1-2-17-5-10(7)16/h1-5H,16H2,(H,18,19). The summed E-state index contributed by atoms with van der Waals surface area (Å²) in [6.07, 6.45) is 2.70. The Morgan fingerprint density at radius 1 is 1.37 bits per heavy atom. The number of hydrogen-bond donors (Lipinski definition) is 2. The smallest absolute Gasteiger partial charge is 0.257 e. The third-order valence-corrected chi connectivity index (χ3v) is 2.97. The van der Waals surface area contributed by atoms with Crippen LogP contribution < -0.4 is 11.1 Å². The first-order valence-corrected chi connectivity index (χ1v) is 5.93. The number of nitrogen functional groups attached to an aromatic ring is 1. The van der Waals surface area contributed by atoms with Crippen molar-refractivity contribution in [2.75, 3.05) is 11.1 Å². The second-order valence-electron chi connectivity index (χ2n) is 3.66. The zero-order valence-corrected chi connectivity index (χ0v) is 11.0. The first-order valence-electron chi connectivity index (χ1n) is 5.14. The van der Waals surface area contributed by atoms with Gasteiger partial charge >= 0.3 is 0 Å². The van der Waals surface area contributed by atoms with Crippen LogP contribution in [0.5, 0.6) is 0 Å². The Morgan fingerprint density at radius 3 is 2.74 bits per heavy atom. The highest BCUT2D eigenvalue weighted by Crippen LogP contribution is 2.27. The summed E-state index contributed by atoms with van der Waals surface area (Å²) in [5, 5.41) is 2.33. The molecule has 0 aliphatic rings. The Kier molecular flexibility index (Phi) is 3.75. The van der Waals surface area contributed by atoms with Crippen molar-refractivity contribution in [1.82, 2.24) is 4.98 Å². The van der Waals surface area contributed by atoms with Gasteiger partial charge in [0, 0.05) is 16.7 Å². The van der Waals surface area contributed by atoms with Crippen LogP contribution in [0.2, 0.25) is 0 Å². The van der Waals surface area contributed by atoms with Gasteiger partial charge in [0.05, 0.1) is 23.1 Å². The van der Waals surface area contributed by atoms with Crippen LogP contribution in [0, 0.1) is 11.6 Å². The molecule has 1 aromatic carbocycles. The van der Waals surface area contributed by atoms with E-state index in [1.165, 1.54) is 18.5 Å². The van der Waals surface area contributed by atoms with E-state index in [2.05, 4.69) is 26.2 Å². The zero-order chi connectivity index (χ0) is 14.0. The van der Waals surface area contributed by atoms with Gasteiger partial charge in [-0.05, 0) is 28.1 Å². The lowest BCUT2D eigenvalue weighted by molar-refractivity contribution is 0.102. The van der Waals surface area contributed by atoms with Crippen molar-refractivity contribution >= 4 is 33.2 Å². The summed E-state index contributed by atoms with van der Waals surface area (Å²) in [6, 6.07) is 3.13. The fourth-order valence-electron chi connectivity index (χ4n) is 1.46. The molecule has 7 heteroatoms. The molecule has 1 heterocycles. The number of rotatable bonds is 2. The molecule has 2 rings (SSSR count). The molecular weight excluding hydrogens is 320 g/mol. The number of hydrogen-bond acceptors (Lipinski definition) is 3. The molecule has 98 valence electrons. The van der Waals surface area contributed by atoms with E-state index in [1.807, 2.05) is 0 Å². The van der Waals surface area contributed by atoms with Crippen LogP contribution in [0.4, 0.5) is 20.2 Å². The predicted octanol–water partition coefficient (Wildman–Crippen LogP) is 2.96. The highest BCUT2D eigenvalue weighted by Gasteiger charge is 2.15. The number of nitrogens with zero attached hydrogens (tertiary/aromatic N) is 1. The van der Waals surface area contributed by atoms with Crippen LogP contribution in [0.1, 0.15) is 10.4 Å². The van der Waals surface area contributed by atoms with Crippen molar-refractivity contribution in [2.45, 2.75) is 0 Å². The second kappa shape index (κ2) is 5.31. The highest BCUT2D eigenvalue weighted by atomic mass is 79.9. The van der Waals surface area contributed by atoms with Crippen LogP contribution in [0.15, 0.2) is 35.1 Å². The number of amides is 1. The minimum atomic E-state index is -0.882. The van der Waals surface area contributed by atoms with E-state index in [4.69, 9.17) is 5.73 Å². The Morgan fingerprint density at radius 2 is 2.11 bits per heavy atom. The molecule has 0 spiro atoms. The lowest BCUT2D eigenvalue weighted by Crippen LogP contribution is -2.15. The molecule has 1 amide bonds. The van der Waals surface area contributed by atoms with Crippen molar-refractivity contribution in [3.8, 4) is 0 Å². The molecular formula is C12H8BrF2N3O. The summed E-state index contributed by atoms with van der Waals surface area (Å²) >= 11 is 2.98. The van der Waals surface area contributed by atoms with E-state index >= 15 is 0 Å². The molecule has 0 radical (unpaired) electrons. The van der Waals surface area contributed by atoms with Crippen molar-refractivity contribution in [3.63, 3.8) is 0 Å². The van der Waals surface area contributed by atoms with Gasteiger partial charge in [0.1, 0.15) is 5.82 Å². The molecule has 0 saturated heterocycles. The number of aromatic nitrogens is 1. The van der Waals surface area contributed by atoms with E-state index in [9.17, 15) is 13.6 Å². The molecule has 0 aliphatic carbocycles. The Hall–Kier alpha value is -2.02. The number of halogens is 3. The Balaban J connectivity index is 2.32. The van der Waals surface area contributed by atoms with Gasteiger partial charge in [-0.25, -0.2) is 8.78 Å². The fraction of sp³-hybridized carbons (Fsp3) is 0. The van der Waals surface area contributed by atoms with Gasteiger partial charge in [0.2, 0.25) is 0 Å². The minimum absolute atomic E-state index is 0.103. The number of benzene rings is 1. The Bertz CT molecular complexity index is 626. The third kappa shape index (κ3) is 2.87. The number of nitrogens with two attached hydrogens (primary N) is 1. The van der Waals surface area contributed by atoms with Crippen LogP contribution in [0.25, 0.3) is 0 Å². The first-order chi connectivity index (χ1) is 8.99. The van der Waals surface area contributed by atoms with Crippen molar-refractivity contribution < 1.29 is 13.6 Å². The van der Waals surface area contributed by atoms with Crippen molar-refractivity contribution in [3.05, 3.63) is 52.3 Å². The fourth-order valence-corrected chi connectivity index (χ4v) is 1.96. The van der Waals surface area contributed by atoms with E-state index in [1.54, 1.807) is 0 Å². The third-order valence-electron chi connectivity index (χ3n) is 2.34. The molecule has 0 unspecified atom stereocenters. The van der Waals surface area contributed by atoms with Crippen LogP contribution >= 0.6 is 15.9 Å². The van der Waals surface area contributed by atoms with E-state index in [0.29, 0.717) is 6.07 Å². The molecule has 0 saturated carbocycles. The van der Waals surface area contributed by atoms with Gasteiger partial charge in [-0.1, -0.05) is 0 Å². The molecule has 1 aromatic heterocycles. The van der Waals surface area contributed by atoms with Crippen LogP contribution in [-0.2, 0) is 0 Å². The molecule has 3 N–H and O–H groups in total. The lowest BCUT2D eigenvalue weighted by Gasteiger charge is -2.10. The summed E-state index contributed by atoms with van der Waals surface area (Å²) in [5.74, 6) is -2.23. The predicted molar refractivity (Wildman–Crippen MR) is 70.7 cm³/mol. The molecule has 2 aromatic rings. The summed E-state index contributed by atoms with van der Waals surface area (Å²) in [7, 11) is 0. The zero-order valence-electron chi connectivity index (χ0n) is 9.45. The number of carbonyl (C=O) groups is 1. The van der Waals surface area contributed by atoms with Gasteiger partial charge in [-0.3, -0.25) is 9.78 Å². The molecule has 19 heavy (non-hydrogen) atoms. The van der Waals surface area contributed by atoms with E-state index in [-0.39, 0.29) is 21.4 Å². The van der Waals surface area contributed by atoms with Gasteiger partial charge in [-0.15, -0.1) is 0 Å². The summed E-state index contributed by atoms with van der Waals surface area (Å²) < 4.78 is 26.6. The number of carbonyl (C=O) groups excluding carboxylic acids is 1. The monoisotopic (exact) mass is 327 g/mol. The maximum Gasteiger partial charge on any atom is 0.257 e. The second-order valence-corrected chi connectivity index (χ2v) is 4.52. The maximum absolute atomic E-state index is 13.6. The topological polar surface area (TPSA) is 68.0 Å². The summed E-state index contributed by atoms with van der Waals surface area (Å²) in [5.41, 5.74) is 5.76. The average molecular weight is 328 g/mol. The van der Waals surface area contributed by atoms with Gasteiger partial charge < -0.3 is 11.1 Å².